The number of likely N-dealkylation sites (N-methyl/N-ethyl adjacent to an activating group) is 1. The summed E-state index contributed by atoms with van der Waals surface area (Å²) >= 11 is 0. The van der Waals surface area contributed by atoms with Crippen LogP contribution in [0.1, 0.15) is 29.5 Å². The summed E-state index contributed by atoms with van der Waals surface area (Å²) in [6.07, 6.45) is 4.75. The van der Waals surface area contributed by atoms with Crippen molar-refractivity contribution in [3.8, 4) is 6.07 Å². The highest BCUT2D eigenvalue weighted by Crippen LogP contribution is 2.50. The van der Waals surface area contributed by atoms with Crippen molar-refractivity contribution in [2.24, 2.45) is 0 Å². The van der Waals surface area contributed by atoms with E-state index in [0.29, 0.717) is 24.9 Å². The molecule has 0 aliphatic heterocycles. The van der Waals surface area contributed by atoms with Gasteiger partial charge in [-0.05, 0) is 36.6 Å². The molecule has 1 fully saturated rings. The van der Waals surface area contributed by atoms with Crippen LogP contribution in [-0.4, -0.2) is 28.1 Å². The van der Waals surface area contributed by atoms with Crippen LogP contribution >= 0.6 is 0 Å². The monoisotopic (exact) mass is 298 g/mol. The summed E-state index contributed by atoms with van der Waals surface area (Å²) in [6, 6.07) is 6.08. The van der Waals surface area contributed by atoms with Crippen LogP contribution in [-0.2, 0) is 16.8 Å². The number of hydrogen-bond acceptors (Lipinski definition) is 3. The summed E-state index contributed by atoms with van der Waals surface area (Å²) in [6.45, 7) is 0.442. The predicted octanol–water partition coefficient (Wildman–Crippen LogP) is 2.11. The maximum Gasteiger partial charge on any atom is 0.233 e. The summed E-state index contributed by atoms with van der Waals surface area (Å²) in [5.74, 6) is -0.534. The highest BCUT2D eigenvalue weighted by Gasteiger charge is 2.52. The Balaban J connectivity index is 1.85. The molecule has 112 valence electrons. The smallest absolute Gasteiger partial charge is 0.233 e. The molecule has 1 saturated carbocycles. The van der Waals surface area contributed by atoms with E-state index < -0.39 is 11.2 Å². The number of H-pyrrole nitrogens is 1. The number of carbonyl (C=O) groups excluding carboxylic acids is 1. The third-order valence-electron chi connectivity index (χ3n) is 4.06. The second-order valence-corrected chi connectivity index (χ2v) is 5.69. The van der Waals surface area contributed by atoms with Crippen molar-refractivity contribution in [2.75, 3.05) is 7.05 Å². The number of hydrogen-bond donors (Lipinski definition) is 1. The molecule has 0 bridgehead atoms. The zero-order valence-electron chi connectivity index (χ0n) is 12.1. The molecular weight excluding hydrogens is 283 g/mol. The fraction of sp³-hybridized carbons (Fsp3) is 0.312. The van der Waals surface area contributed by atoms with E-state index in [1.54, 1.807) is 30.4 Å². The number of aromatic amines is 1. The van der Waals surface area contributed by atoms with Gasteiger partial charge in [-0.25, -0.2) is 4.39 Å². The lowest BCUT2D eigenvalue weighted by atomic mass is 9.92. The van der Waals surface area contributed by atoms with Gasteiger partial charge in [0.1, 0.15) is 5.82 Å². The second kappa shape index (κ2) is 5.26. The van der Waals surface area contributed by atoms with Crippen molar-refractivity contribution in [3.05, 3.63) is 53.1 Å². The van der Waals surface area contributed by atoms with Gasteiger partial charge in [-0.1, -0.05) is 0 Å². The lowest BCUT2D eigenvalue weighted by Crippen LogP contribution is -2.36. The molecule has 0 saturated heterocycles. The Kier molecular flexibility index (Phi) is 3.41. The molecule has 1 heterocycles. The molecule has 5 nitrogen and oxygen atoms in total. The van der Waals surface area contributed by atoms with Gasteiger partial charge in [0, 0.05) is 25.4 Å². The van der Waals surface area contributed by atoms with Crippen molar-refractivity contribution < 1.29 is 9.18 Å². The van der Waals surface area contributed by atoms with Gasteiger partial charge in [0.05, 0.1) is 23.2 Å². The first kappa shape index (κ1) is 14.3. The fourth-order valence-electron chi connectivity index (χ4n) is 2.76. The number of nitriles is 1. The minimum Gasteiger partial charge on any atom is -0.341 e. The van der Waals surface area contributed by atoms with E-state index in [2.05, 4.69) is 10.2 Å². The Morgan fingerprint density at radius 3 is 2.86 bits per heavy atom. The fourth-order valence-corrected chi connectivity index (χ4v) is 2.76. The van der Waals surface area contributed by atoms with Crippen molar-refractivity contribution >= 4 is 5.91 Å². The number of amides is 1. The summed E-state index contributed by atoms with van der Waals surface area (Å²) < 4.78 is 13.7. The van der Waals surface area contributed by atoms with Gasteiger partial charge in [0.15, 0.2) is 0 Å². The van der Waals surface area contributed by atoms with E-state index >= 15 is 0 Å². The lowest BCUT2D eigenvalue weighted by Gasteiger charge is -2.23. The van der Waals surface area contributed by atoms with E-state index in [1.165, 1.54) is 12.1 Å². The highest BCUT2D eigenvalue weighted by molar-refractivity contribution is 5.91. The van der Waals surface area contributed by atoms with E-state index in [4.69, 9.17) is 5.26 Å². The normalized spacial score (nSPS) is 15.1. The zero-order chi connectivity index (χ0) is 15.7. The average molecular weight is 298 g/mol. The predicted molar refractivity (Wildman–Crippen MR) is 77.1 cm³/mol. The van der Waals surface area contributed by atoms with Gasteiger partial charge in [-0.3, -0.25) is 9.89 Å². The van der Waals surface area contributed by atoms with Crippen LogP contribution in [0.25, 0.3) is 0 Å². The molecule has 22 heavy (non-hydrogen) atoms. The van der Waals surface area contributed by atoms with Gasteiger partial charge in [0.2, 0.25) is 5.91 Å². The van der Waals surface area contributed by atoms with E-state index in [1.807, 2.05) is 6.07 Å². The quantitative estimate of drug-likeness (QED) is 0.939. The number of carbonyl (C=O) groups is 1. The van der Waals surface area contributed by atoms with Crippen LogP contribution in [0.5, 0.6) is 0 Å². The second-order valence-electron chi connectivity index (χ2n) is 5.69. The molecule has 1 N–H and O–H groups in total. The highest BCUT2D eigenvalue weighted by atomic mass is 19.1. The van der Waals surface area contributed by atoms with Crippen LogP contribution in [0, 0.1) is 17.1 Å². The molecular formula is C16H15FN4O. The summed E-state index contributed by atoms with van der Waals surface area (Å²) in [7, 11) is 1.72. The maximum atomic E-state index is 13.7. The van der Waals surface area contributed by atoms with Gasteiger partial charge in [0.25, 0.3) is 0 Å². The molecule has 0 atom stereocenters. The Morgan fingerprint density at radius 2 is 2.27 bits per heavy atom. The van der Waals surface area contributed by atoms with Crippen LogP contribution in [0.2, 0.25) is 0 Å². The third kappa shape index (κ3) is 2.46. The van der Waals surface area contributed by atoms with Crippen LogP contribution < -0.4 is 0 Å². The molecule has 1 aromatic heterocycles. The molecule has 3 rings (SSSR count). The summed E-state index contributed by atoms with van der Waals surface area (Å²) in [4.78, 5) is 14.4. The average Bonchev–Trinajstić information content (AvgIpc) is 3.17. The number of halogens is 1. The first-order valence-corrected chi connectivity index (χ1v) is 6.99. The van der Waals surface area contributed by atoms with E-state index in [9.17, 15) is 9.18 Å². The Morgan fingerprint density at radius 1 is 1.50 bits per heavy atom. The van der Waals surface area contributed by atoms with Gasteiger partial charge >= 0.3 is 0 Å². The number of nitrogens with one attached hydrogen (secondary N) is 1. The molecule has 1 aliphatic rings. The molecule has 6 heteroatoms. The summed E-state index contributed by atoms with van der Waals surface area (Å²) in [5, 5.41) is 15.5. The van der Waals surface area contributed by atoms with Gasteiger partial charge in [-0.15, -0.1) is 0 Å². The number of benzene rings is 1. The van der Waals surface area contributed by atoms with E-state index in [-0.39, 0.29) is 11.5 Å². The van der Waals surface area contributed by atoms with E-state index in [0.717, 1.165) is 5.56 Å². The first-order chi connectivity index (χ1) is 10.5. The van der Waals surface area contributed by atoms with Crippen LogP contribution in [0.3, 0.4) is 0 Å². The van der Waals surface area contributed by atoms with Gasteiger partial charge < -0.3 is 4.90 Å². The topological polar surface area (TPSA) is 72.8 Å². The van der Waals surface area contributed by atoms with Crippen molar-refractivity contribution in [3.63, 3.8) is 0 Å². The molecule has 0 radical (unpaired) electrons. The largest absolute Gasteiger partial charge is 0.341 e. The first-order valence-electron chi connectivity index (χ1n) is 6.99. The molecule has 1 amide bonds. The SMILES string of the molecule is CN(Cc1cn[nH]c1)C(=O)C1(c2cc(F)cc(C#N)c2)CC1. The third-order valence-corrected chi connectivity index (χ3v) is 4.06. The number of nitrogens with zero attached hydrogens (tertiary/aromatic N) is 3. The van der Waals surface area contributed by atoms with Crippen molar-refractivity contribution in [1.82, 2.24) is 15.1 Å². The summed E-state index contributed by atoms with van der Waals surface area (Å²) in [5.41, 5.74) is 1.05. The standard InChI is InChI=1S/C16H15FN4O/c1-21(10-12-8-19-20-9-12)15(22)16(2-3-16)13-4-11(7-18)5-14(17)6-13/h4-6,8-9H,2-3,10H2,1H3,(H,19,20). The molecule has 2 aromatic rings. The molecule has 1 aromatic carbocycles. The number of aromatic nitrogens is 2. The van der Waals surface area contributed by atoms with Crippen molar-refractivity contribution in [2.45, 2.75) is 24.8 Å². The van der Waals surface area contributed by atoms with Crippen LogP contribution in [0.4, 0.5) is 4.39 Å². The Bertz CT molecular complexity index is 744. The lowest BCUT2D eigenvalue weighted by molar-refractivity contribution is -0.133. The zero-order valence-corrected chi connectivity index (χ0v) is 12.1. The minimum atomic E-state index is -0.688. The minimum absolute atomic E-state index is 0.0526. The van der Waals surface area contributed by atoms with Gasteiger partial charge in [-0.2, -0.15) is 10.4 Å². The van der Waals surface area contributed by atoms with Crippen LogP contribution in [0.15, 0.2) is 30.6 Å². The molecule has 0 spiro atoms. The maximum absolute atomic E-state index is 13.7. The number of rotatable bonds is 4. The molecule has 1 aliphatic carbocycles. The Labute approximate surface area is 127 Å². The molecule has 0 unspecified atom stereocenters. The Hall–Kier alpha value is -2.68. The van der Waals surface area contributed by atoms with Crippen molar-refractivity contribution in [1.29, 1.82) is 5.26 Å².